The van der Waals surface area contributed by atoms with E-state index < -0.39 is 0 Å². The highest BCUT2D eigenvalue weighted by Crippen LogP contribution is 2.17. The van der Waals surface area contributed by atoms with E-state index in [1.54, 1.807) is 24.3 Å². The van der Waals surface area contributed by atoms with Gasteiger partial charge in [-0.2, -0.15) is 0 Å². The minimum Gasteiger partial charge on any atom is -0.409 e. The summed E-state index contributed by atoms with van der Waals surface area (Å²) in [6.07, 6.45) is 0.918. The molecule has 0 spiro atoms. The molecule has 19 heavy (non-hydrogen) atoms. The largest absolute Gasteiger partial charge is 0.409 e. The fourth-order valence-corrected chi connectivity index (χ4v) is 1.50. The molecule has 0 aliphatic heterocycles. The molecule has 0 heterocycles. The van der Waals surface area contributed by atoms with Crippen LogP contribution in [0.1, 0.15) is 43.1 Å². The minimum absolute atomic E-state index is 0.0275. The second kappa shape index (κ2) is 6.22. The first-order valence-corrected chi connectivity index (χ1v) is 6.19. The van der Waals surface area contributed by atoms with Crippen LogP contribution in [0.25, 0.3) is 0 Å². The van der Waals surface area contributed by atoms with Crippen LogP contribution < -0.4 is 11.1 Å². The van der Waals surface area contributed by atoms with Gasteiger partial charge in [0.05, 0.1) is 0 Å². The van der Waals surface area contributed by atoms with Crippen LogP contribution in [0.5, 0.6) is 0 Å². The molecule has 0 radical (unpaired) electrons. The predicted octanol–water partition coefficient (Wildman–Crippen LogP) is 1.95. The number of amides is 1. The summed E-state index contributed by atoms with van der Waals surface area (Å²) in [7, 11) is 0. The minimum atomic E-state index is -0.115. The van der Waals surface area contributed by atoms with Crippen molar-refractivity contribution in [3.8, 4) is 0 Å². The summed E-state index contributed by atoms with van der Waals surface area (Å²) >= 11 is 0. The summed E-state index contributed by atoms with van der Waals surface area (Å²) in [5.41, 5.74) is 6.78. The third-order valence-electron chi connectivity index (χ3n) is 2.71. The smallest absolute Gasteiger partial charge is 0.251 e. The summed E-state index contributed by atoms with van der Waals surface area (Å²) < 4.78 is 0. The van der Waals surface area contributed by atoms with Crippen LogP contribution in [0, 0.1) is 5.41 Å². The van der Waals surface area contributed by atoms with E-state index in [1.807, 2.05) is 0 Å². The van der Waals surface area contributed by atoms with Crippen molar-refractivity contribution in [3.63, 3.8) is 0 Å². The van der Waals surface area contributed by atoms with Crippen LogP contribution in [0.2, 0.25) is 0 Å². The van der Waals surface area contributed by atoms with Crippen LogP contribution in [-0.4, -0.2) is 23.5 Å². The van der Waals surface area contributed by atoms with Gasteiger partial charge in [0.15, 0.2) is 5.84 Å². The first-order valence-electron chi connectivity index (χ1n) is 6.19. The van der Waals surface area contributed by atoms with Crippen molar-refractivity contribution in [2.24, 2.45) is 16.3 Å². The van der Waals surface area contributed by atoms with Gasteiger partial charge < -0.3 is 16.3 Å². The summed E-state index contributed by atoms with van der Waals surface area (Å²) in [6, 6.07) is 6.60. The van der Waals surface area contributed by atoms with E-state index in [9.17, 15) is 4.79 Å². The van der Waals surface area contributed by atoms with E-state index in [0.717, 1.165) is 6.42 Å². The molecule has 0 fully saturated rings. The number of nitrogens with two attached hydrogens (primary N) is 1. The lowest BCUT2D eigenvalue weighted by molar-refractivity contribution is 0.0949. The zero-order valence-corrected chi connectivity index (χ0v) is 11.6. The molecule has 0 aromatic heterocycles. The predicted molar refractivity (Wildman–Crippen MR) is 75.4 cm³/mol. The number of hydrogen-bond donors (Lipinski definition) is 3. The van der Waals surface area contributed by atoms with Crippen molar-refractivity contribution in [1.82, 2.24) is 5.32 Å². The Morgan fingerprint density at radius 2 is 1.79 bits per heavy atom. The monoisotopic (exact) mass is 263 g/mol. The van der Waals surface area contributed by atoms with Crippen LogP contribution in [0.4, 0.5) is 0 Å². The molecular weight excluding hydrogens is 242 g/mol. The van der Waals surface area contributed by atoms with E-state index in [2.05, 4.69) is 31.2 Å². The maximum Gasteiger partial charge on any atom is 0.251 e. The second-order valence-corrected chi connectivity index (χ2v) is 5.63. The molecule has 0 atom stereocenters. The van der Waals surface area contributed by atoms with Crippen molar-refractivity contribution in [2.75, 3.05) is 6.54 Å². The normalized spacial score (nSPS) is 12.3. The molecule has 0 saturated carbocycles. The van der Waals surface area contributed by atoms with Crippen molar-refractivity contribution < 1.29 is 10.0 Å². The number of oxime groups is 1. The Balaban J connectivity index is 2.59. The summed E-state index contributed by atoms with van der Waals surface area (Å²) in [5.74, 6) is -0.0880. The highest BCUT2D eigenvalue weighted by molar-refractivity contribution is 5.99. The molecule has 104 valence electrons. The Bertz CT molecular complexity index is 459. The van der Waals surface area contributed by atoms with Crippen LogP contribution >= 0.6 is 0 Å². The number of carbonyl (C=O) groups excluding carboxylic acids is 1. The van der Waals surface area contributed by atoms with E-state index in [1.165, 1.54) is 0 Å². The molecule has 0 aliphatic carbocycles. The first kappa shape index (κ1) is 15.0. The highest BCUT2D eigenvalue weighted by atomic mass is 16.4. The van der Waals surface area contributed by atoms with E-state index >= 15 is 0 Å². The van der Waals surface area contributed by atoms with Crippen molar-refractivity contribution >= 4 is 11.7 Å². The number of nitrogens with one attached hydrogen (secondary N) is 1. The lowest BCUT2D eigenvalue weighted by atomic mass is 9.92. The van der Waals surface area contributed by atoms with Gasteiger partial charge in [-0.25, -0.2) is 0 Å². The zero-order chi connectivity index (χ0) is 14.5. The van der Waals surface area contributed by atoms with Crippen molar-refractivity contribution in [3.05, 3.63) is 35.4 Å². The molecule has 1 rings (SSSR count). The molecule has 0 bridgehead atoms. The number of benzene rings is 1. The molecule has 0 saturated heterocycles. The number of amidine groups is 1. The van der Waals surface area contributed by atoms with Gasteiger partial charge in [-0.3, -0.25) is 4.79 Å². The molecule has 5 heteroatoms. The Morgan fingerprint density at radius 1 is 1.26 bits per heavy atom. The zero-order valence-electron chi connectivity index (χ0n) is 11.6. The molecule has 0 unspecified atom stereocenters. The molecule has 1 aromatic rings. The van der Waals surface area contributed by atoms with Gasteiger partial charge in [-0.15, -0.1) is 0 Å². The van der Waals surface area contributed by atoms with Gasteiger partial charge in [0.25, 0.3) is 5.91 Å². The average Bonchev–Trinajstić information content (AvgIpc) is 2.36. The first-order chi connectivity index (χ1) is 8.83. The third-order valence-corrected chi connectivity index (χ3v) is 2.71. The fraction of sp³-hybridized carbons (Fsp3) is 0.429. The maximum absolute atomic E-state index is 11.9. The molecular formula is C14H21N3O2. The number of rotatable bonds is 4. The Kier molecular flexibility index (Phi) is 4.92. The fourth-order valence-electron chi connectivity index (χ4n) is 1.50. The molecule has 1 aromatic carbocycles. The molecule has 4 N–H and O–H groups in total. The molecule has 0 aliphatic rings. The Morgan fingerprint density at radius 3 is 2.26 bits per heavy atom. The highest BCUT2D eigenvalue weighted by Gasteiger charge is 2.11. The molecule has 1 amide bonds. The van der Waals surface area contributed by atoms with Gasteiger partial charge >= 0.3 is 0 Å². The number of hydrogen-bond acceptors (Lipinski definition) is 3. The van der Waals surface area contributed by atoms with Crippen LogP contribution in [0.15, 0.2) is 29.4 Å². The Hall–Kier alpha value is -2.04. The van der Waals surface area contributed by atoms with Crippen LogP contribution in [-0.2, 0) is 0 Å². The second-order valence-electron chi connectivity index (χ2n) is 5.63. The van der Waals surface area contributed by atoms with Gasteiger partial charge in [0, 0.05) is 17.7 Å². The maximum atomic E-state index is 11.9. The molecule has 5 nitrogen and oxygen atoms in total. The number of nitrogens with zero attached hydrogens (tertiary/aromatic N) is 1. The van der Waals surface area contributed by atoms with E-state index in [0.29, 0.717) is 17.7 Å². The number of carbonyl (C=O) groups is 1. The SMILES string of the molecule is CC(C)(C)CCNC(=O)c1ccc(/C(N)=N\O)cc1. The van der Waals surface area contributed by atoms with Gasteiger partial charge in [-0.1, -0.05) is 38.1 Å². The third kappa shape index (κ3) is 4.99. The summed E-state index contributed by atoms with van der Waals surface area (Å²) in [4.78, 5) is 11.9. The van der Waals surface area contributed by atoms with E-state index in [-0.39, 0.29) is 17.2 Å². The Labute approximate surface area is 113 Å². The topological polar surface area (TPSA) is 87.7 Å². The van der Waals surface area contributed by atoms with Crippen LogP contribution in [0.3, 0.4) is 0 Å². The van der Waals surface area contributed by atoms with E-state index in [4.69, 9.17) is 10.9 Å². The summed E-state index contributed by atoms with van der Waals surface area (Å²) in [5, 5.41) is 14.3. The quantitative estimate of drug-likeness (QED) is 0.336. The lowest BCUT2D eigenvalue weighted by Gasteiger charge is -2.18. The lowest BCUT2D eigenvalue weighted by Crippen LogP contribution is -2.27. The van der Waals surface area contributed by atoms with Crippen molar-refractivity contribution in [2.45, 2.75) is 27.2 Å². The van der Waals surface area contributed by atoms with Gasteiger partial charge in [-0.05, 0) is 24.0 Å². The summed E-state index contributed by atoms with van der Waals surface area (Å²) in [6.45, 7) is 7.03. The standard InChI is InChI=1S/C14H21N3O2/c1-14(2,3)8-9-16-13(18)11-6-4-10(5-7-11)12(15)17-19/h4-7,19H,8-9H2,1-3H3,(H2,15,17)(H,16,18). The van der Waals surface area contributed by atoms with Gasteiger partial charge in [0.2, 0.25) is 0 Å². The van der Waals surface area contributed by atoms with Crippen molar-refractivity contribution in [1.29, 1.82) is 0 Å². The van der Waals surface area contributed by atoms with Gasteiger partial charge in [0.1, 0.15) is 0 Å². The average molecular weight is 263 g/mol.